The molecule has 0 aromatic heterocycles. The number of likely N-dealkylation sites (tertiary alicyclic amines) is 1. The smallest absolute Gasteiger partial charge is 0.294 e. The van der Waals surface area contributed by atoms with Crippen LogP contribution in [0.25, 0.3) is 10.8 Å². The SMILES string of the molecule is CN(Cc1ccccc1)C(=O)[C@@H](Cc1ccc2ccccc2c1)NC(=O)[C@H]1CCCN1C(=Nc1ccccc1[N+](=O)[O-])NC#N. The summed E-state index contributed by atoms with van der Waals surface area (Å²) in [6, 6.07) is 27.9. The molecule has 0 radical (unpaired) electrons. The molecule has 1 aliphatic rings. The number of carbonyl (C=O) groups is 2. The summed E-state index contributed by atoms with van der Waals surface area (Å²) >= 11 is 0. The number of fused-ring (bicyclic) bond motifs is 1. The summed E-state index contributed by atoms with van der Waals surface area (Å²) in [4.78, 5) is 46.4. The number of aliphatic imine (C=N–C) groups is 1. The highest BCUT2D eigenvalue weighted by atomic mass is 16.6. The lowest BCUT2D eigenvalue weighted by Crippen LogP contribution is -2.55. The maximum Gasteiger partial charge on any atom is 0.294 e. The fraction of sp³-hybridized carbons (Fsp3) is 0.235. The van der Waals surface area contributed by atoms with Crippen molar-refractivity contribution in [1.82, 2.24) is 20.4 Å². The molecule has 4 aromatic carbocycles. The van der Waals surface area contributed by atoms with Crippen molar-refractivity contribution < 1.29 is 14.5 Å². The third-order valence-electron chi connectivity index (χ3n) is 7.81. The van der Waals surface area contributed by atoms with E-state index in [9.17, 15) is 25.0 Å². The Balaban J connectivity index is 1.41. The van der Waals surface area contributed by atoms with Gasteiger partial charge in [0.2, 0.25) is 17.8 Å². The van der Waals surface area contributed by atoms with Gasteiger partial charge in [0.15, 0.2) is 6.19 Å². The van der Waals surface area contributed by atoms with Crippen LogP contribution < -0.4 is 10.6 Å². The van der Waals surface area contributed by atoms with Gasteiger partial charge in [0.25, 0.3) is 5.69 Å². The van der Waals surface area contributed by atoms with Gasteiger partial charge in [0.1, 0.15) is 17.8 Å². The molecule has 2 amide bonds. The van der Waals surface area contributed by atoms with Crippen molar-refractivity contribution >= 4 is 39.9 Å². The zero-order valence-corrected chi connectivity index (χ0v) is 24.8. The van der Waals surface area contributed by atoms with Crippen molar-refractivity contribution in [2.24, 2.45) is 4.99 Å². The number of nitro groups is 1. The Morgan fingerprint density at radius 3 is 2.49 bits per heavy atom. The number of nitro benzene ring substituents is 1. The molecule has 2 N–H and O–H groups in total. The van der Waals surface area contributed by atoms with Crippen molar-refractivity contribution in [1.29, 1.82) is 5.26 Å². The fourth-order valence-electron chi connectivity index (χ4n) is 5.60. The van der Waals surface area contributed by atoms with Crippen LogP contribution in [0, 0.1) is 21.6 Å². The van der Waals surface area contributed by atoms with Gasteiger partial charge >= 0.3 is 0 Å². The van der Waals surface area contributed by atoms with Gasteiger partial charge in [-0.05, 0) is 40.8 Å². The predicted molar refractivity (Wildman–Crippen MR) is 171 cm³/mol. The number of nitriles is 1. The average molecular weight is 604 g/mol. The third-order valence-corrected chi connectivity index (χ3v) is 7.81. The van der Waals surface area contributed by atoms with Crippen molar-refractivity contribution in [3.8, 4) is 6.19 Å². The second kappa shape index (κ2) is 14.1. The third kappa shape index (κ3) is 7.43. The number of guanidine groups is 1. The summed E-state index contributed by atoms with van der Waals surface area (Å²) in [7, 11) is 1.71. The van der Waals surface area contributed by atoms with E-state index in [1.54, 1.807) is 22.9 Å². The molecule has 11 heteroatoms. The van der Waals surface area contributed by atoms with E-state index < -0.39 is 22.9 Å². The predicted octanol–water partition coefficient (Wildman–Crippen LogP) is 4.66. The number of nitrogens with zero attached hydrogens (tertiary/aromatic N) is 5. The molecule has 1 fully saturated rings. The highest BCUT2D eigenvalue weighted by Gasteiger charge is 2.36. The maximum absolute atomic E-state index is 13.9. The van der Waals surface area contributed by atoms with E-state index in [0.29, 0.717) is 25.9 Å². The Morgan fingerprint density at radius 2 is 1.73 bits per heavy atom. The van der Waals surface area contributed by atoms with Crippen LogP contribution in [0.4, 0.5) is 11.4 Å². The minimum Gasteiger partial charge on any atom is -0.342 e. The van der Waals surface area contributed by atoms with E-state index in [1.165, 1.54) is 18.2 Å². The molecule has 5 rings (SSSR count). The Morgan fingerprint density at radius 1 is 1.02 bits per heavy atom. The number of hydrogen-bond acceptors (Lipinski definition) is 6. The summed E-state index contributed by atoms with van der Waals surface area (Å²) in [6.45, 7) is 0.765. The van der Waals surface area contributed by atoms with E-state index in [-0.39, 0.29) is 29.7 Å². The number of benzene rings is 4. The van der Waals surface area contributed by atoms with Gasteiger partial charge in [-0.15, -0.1) is 0 Å². The molecule has 1 aliphatic heterocycles. The lowest BCUT2D eigenvalue weighted by molar-refractivity contribution is -0.384. The number of hydrogen-bond donors (Lipinski definition) is 2. The highest BCUT2D eigenvalue weighted by Crippen LogP contribution is 2.28. The number of nitrogens with one attached hydrogen (secondary N) is 2. The van der Waals surface area contributed by atoms with Crippen LogP contribution in [0.3, 0.4) is 0 Å². The zero-order valence-electron chi connectivity index (χ0n) is 24.8. The Kier molecular flexibility index (Phi) is 9.64. The molecule has 0 spiro atoms. The summed E-state index contributed by atoms with van der Waals surface area (Å²) in [5.41, 5.74) is 1.69. The summed E-state index contributed by atoms with van der Waals surface area (Å²) in [6.07, 6.45) is 3.18. The van der Waals surface area contributed by atoms with E-state index in [4.69, 9.17) is 0 Å². The summed E-state index contributed by atoms with van der Waals surface area (Å²) in [5, 5.41) is 28.6. The average Bonchev–Trinajstić information content (AvgIpc) is 3.55. The van der Waals surface area contributed by atoms with Crippen LogP contribution in [0.15, 0.2) is 102 Å². The lowest BCUT2D eigenvalue weighted by atomic mass is 10.00. The molecule has 1 heterocycles. The van der Waals surface area contributed by atoms with Crippen molar-refractivity contribution in [3.05, 3.63) is 118 Å². The van der Waals surface area contributed by atoms with Crippen molar-refractivity contribution in [2.45, 2.75) is 37.9 Å². The first-order valence-corrected chi connectivity index (χ1v) is 14.6. The zero-order chi connectivity index (χ0) is 31.8. The van der Waals surface area contributed by atoms with Gasteiger partial charge in [-0.25, -0.2) is 4.99 Å². The monoisotopic (exact) mass is 603 g/mol. The van der Waals surface area contributed by atoms with E-state index in [2.05, 4.69) is 15.6 Å². The maximum atomic E-state index is 13.9. The lowest BCUT2D eigenvalue weighted by Gasteiger charge is -2.29. The number of para-hydroxylation sites is 2. The number of carbonyl (C=O) groups excluding carboxylic acids is 2. The Bertz CT molecular complexity index is 1770. The molecule has 0 unspecified atom stereocenters. The molecular formula is C34H33N7O4. The van der Waals surface area contributed by atoms with Crippen molar-refractivity contribution in [2.75, 3.05) is 13.6 Å². The first kappa shape index (κ1) is 30.7. The first-order chi connectivity index (χ1) is 21.8. The molecule has 2 atom stereocenters. The molecule has 228 valence electrons. The highest BCUT2D eigenvalue weighted by molar-refractivity contribution is 5.94. The molecule has 11 nitrogen and oxygen atoms in total. The first-order valence-electron chi connectivity index (χ1n) is 14.6. The molecule has 45 heavy (non-hydrogen) atoms. The van der Waals surface area contributed by atoms with Crippen molar-refractivity contribution in [3.63, 3.8) is 0 Å². The minimum atomic E-state index is -0.866. The largest absolute Gasteiger partial charge is 0.342 e. The second-order valence-electron chi connectivity index (χ2n) is 10.9. The normalized spacial score (nSPS) is 15.2. The number of amides is 2. The Labute approximate surface area is 260 Å². The van der Waals surface area contributed by atoms with Gasteiger partial charge in [-0.3, -0.25) is 25.0 Å². The standard InChI is InChI=1S/C34H33N7O4/c1-39(22-24-10-3-2-4-11-24)33(43)29(21-25-17-18-26-12-5-6-13-27(26)20-25)37-32(42)31-16-9-19-40(31)34(36-23-35)38-28-14-7-8-15-30(28)41(44)45/h2-8,10-15,17-18,20,29,31H,9,16,19,21-22H2,1H3,(H,36,38)(H,37,42)/t29-,31-/m1/s1. The number of likely N-dealkylation sites (N-methyl/N-ethyl adjacent to an activating group) is 1. The molecule has 0 saturated carbocycles. The van der Waals surface area contributed by atoms with Gasteiger partial charge in [-0.2, -0.15) is 5.26 Å². The van der Waals surface area contributed by atoms with E-state index in [0.717, 1.165) is 21.9 Å². The van der Waals surface area contributed by atoms with Crippen LogP contribution >= 0.6 is 0 Å². The van der Waals surface area contributed by atoms with E-state index >= 15 is 0 Å². The Hall–Kier alpha value is -5.76. The molecule has 1 saturated heterocycles. The fourth-order valence-corrected chi connectivity index (χ4v) is 5.60. The molecule has 0 bridgehead atoms. The summed E-state index contributed by atoms with van der Waals surface area (Å²) in [5.74, 6) is -0.605. The van der Waals surface area contributed by atoms with Crippen LogP contribution in [-0.2, 0) is 22.6 Å². The quantitative estimate of drug-likeness (QED) is 0.0707. The van der Waals surface area contributed by atoms with Crippen LogP contribution in [0.5, 0.6) is 0 Å². The van der Waals surface area contributed by atoms with Crippen LogP contribution in [0.2, 0.25) is 0 Å². The minimum absolute atomic E-state index is 0.0306. The summed E-state index contributed by atoms with van der Waals surface area (Å²) < 4.78 is 0. The second-order valence-corrected chi connectivity index (χ2v) is 10.9. The van der Waals surface area contributed by atoms with Gasteiger partial charge < -0.3 is 15.1 Å². The molecular weight excluding hydrogens is 570 g/mol. The van der Waals surface area contributed by atoms with Crippen LogP contribution in [-0.4, -0.2) is 58.2 Å². The van der Waals surface area contributed by atoms with E-state index in [1.807, 2.05) is 79.0 Å². The molecule has 4 aromatic rings. The van der Waals surface area contributed by atoms with Gasteiger partial charge in [-0.1, -0.05) is 84.9 Å². The molecule has 0 aliphatic carbocycles. The van der Waals surface area contributed by atoms with Gasteiger partial charge in [0.05, 0.1) is 4.92 Å². The topological polar surface area (TPSA) is 144 Å². The van der Waals surface area contributed by atoms with Gasteiger partial charge in [0, 0.05) is 32.6 Å². The van der Waals surface area contributed by atoms with Crippen LogP contribution in [0.1, 0.15) is 24.0 Å². The number of rotatable bonds is 9.